The Bertz CT molecular complexity index is 418. The van der Waals surface area contributed by atoms with Crippen molar-refractivity contribution >= 4 is 11.3 Å². The molecule has 0 radical (unpaired) electrons. The standard InChI is InChI=1S/C15H24N2OS/c1-3-18-10-15(2,17-11-8-9-11)14-16-12-6-4-5-7-13(12)19-14/h11,17H,3-10H2,1-2H3. The Hall–Kier alpha value is -0.450. The maximum atomic E-state index is 5.72. The van der Waals surface area contributed by atoms with Crippen molar-refractivity contribution in [2.24, 2.45) is 0 Å². The molecule has 2 aliphatic rings. The van der Waals surface area contributed by atoms with Gasteiger partial charge in [0, 0.05) is 17.5 Å². The number of ether oxygens (including phenoxy) is 1. The number of hydrogen-bond acceptors (Lipinski definition) is 4. The van der Waals surface area contributed by atoms with Crippen molar-refractivity contribution in [2.75, 3.05) is 13.2 Å². The Kier molecular flexibility index (Phi) is 3.92. The Morgan fingerprint density at radius 3 is 2.84 bits per heavy atom. The van der Waals surface area contributed by atoms with Crippen LogP contribution in [0, 0.1) is 0 Å². The fraction of sp³-hybridized carbons (Fsp3) is 0.800. The summed E-state index contributed by atoms with van der Waals surface area (Å²) in [5, 5.41) is 4.99. The largest absolute Gasteiger partial charge is 0.379 e. The van der Waals surface area contributed by atoms with Gasteiger partial charge in [-0.05, 0) is 52.4 Å². The highest BCUT2D eigenvalue weighted by molar-refractivity contribution is 7.11. The Morgan fingerprint density at radius 1 is 1.37 bits per heavy atom. The number of thiazole rings is 1. The lowest BCUT2D eigenvalue weighted by atomic mass is 10.0. The molecule has 1 aromatic rings. The average molecular weight is 280 g/mol. The number of rotatable bonds is 6. The van der Waals surface area contributed by atoms with Crippen LogP contribution in [0.5, 0.6) is 0 Å². The second-order valence-corrected chi connectivity index (χ2v) is 7.07. The summed E-state index contributed by atoms with van der Waals surface area (Å²) in [7, 11) is 0. The minimum absolute atomic E-state index is 0.0980. The van der Waals surface area contributed by atoms with E-state index in [-0.39, 0.29) is 5.54 Å². The van der Waals surface area contributed by atoms with Crippen LogP contribution in [0.2, 0.25) is 0 Å². The highest BCUT2D eigenvalue weighted by Gasteiger charge is 2.37. The molecule has 3 nitrogen and oxygen atoms in total. The van der Waals surface area contributed by atoms with E-state index in [1.807, 2.05) is 11.3 Å². The Balaban J connectivity index is 1.82. The van der Waals surface area contributed by atoms with Crippen molar-refractivity contribution in [3.05, 3.63) is 15.6 Å². The summed E-state index contributed by atoms with van der Waals surface area (Å²) in [5.41, 5.74) is 1.26. The van der Waals surface area contributed by atoms with Crippen molar-refractivity contribution in [3.63, 3.8) is 0 Å². The first-order valence-corrected chi connectivity index (χ1v) is 8.37. The number of nitrogens with one attached hydrogen (secondary N) is 1. The molecule has 0 saturated heterocycles. The van der Waals surface area contributed by atoms with Gasteiger partial charge in [-0.25, -0.2) is 4.98 Å². The second-order valence-electron chi connectivity index (χ2n) is 5.98. The van der Waals surface area contributed by atoms with Crippen LogP contribution in [-0.2, 0) is 23.1 Å². The molecule has 0 spiro atoms. The summed E-state index contributed by atoms with van der Waals surface area (Å²) >= 11 is 1.91. The lowest BCUT2D eigenvalue weighted by Gasteiger charge is -2.28. The number of aryl methyl sites for hydroxylation is 2. The summed E-state index contributed by atoms with van der Waals surface area (Å²) in [5.74, 6) is 0. The van der Waals surface area contributed by atoms with Gasteiger partial charge in [0.25, 0.3) is 0 Å². The molecule has 0 aromatic carbocycles. The summed E-state index contributed by atoms with van der Waals surface area (Å²) < 4.78 is 5.72. The molecule has 1 heterocycles. The first kappa shape index (κ1) is 13.5. The molecule has 1 aromatic heterocycles. The normalized spacial score (nSPS) is 22.0. The van der Waals surface area contributed by atoms with E-state index in [0.29, 0.717) is 6.04 Å². The molecule has 1 saturated carbocycles. The van der Waals surface area contributed by atoms with E-state index in [0.717, 1.165) is 13.2 Å². The van der Waals surface area contributed by atoms with E-state index in [4.69, 9.17) is 9.72 Å². The molecule has 1 fully saturated rings. The average Bonchev–Trinajstić information content (AvgIpc) is 3.10. The Labute approximate surface area is 119 Å². The van der Waals surface area contributed by atoms with Gasteiger partial charge >= 0.3 is 0 Å². The highest BCUT2D eigenvalue weighted by Crippen LogP contribution is 2.35. The monoisotopic (exact) mass is 280 g/mol. The zero-order chi connectivity index (χ0) is 13.3. The van der Waals surface area contributed by atoms with Gasteiger partial charge in [-0.15, -0.1) is 11.3 Å². The van der Waals surface area contributed by atoms with Crippen molar-refractivity contribution in [1.82, 2.24) is 10.3 Å². The molecular weight excluding hydrogens is 256 g/mol. The van der Waals surface area contributed by atoms with Crippen LogP contribution in [0.3, 0.4) is 0 Å². The minimum atomic E-state index is -0.0980. The predicted molar refractivity (Wildman–Crippen MR) is 78.8 cm³/mol. The van der Waals surface area contributed by atoms with E-state index in [9.17, 15) is 0 Å². The fourth-order valence-corrected chi connectivity index (χ4v) is 3.98. The molecule has 1 atom stereocenters. The van der Waals surface area contributed by atoms with Gasteiger partial charge in [0.2, 0.25) is 0 Å². The van der Waals surface area contributed by atoms with Crippen LogP contribution in [0.4, 0.5) is 0 Å². The molecule has 0 amide bonds. The molecule has 19 heavy (non-hydrogen) atoms. The van der Waals surface area contributed by atoms with Gasteiger partial charge in [0.1, 0.15) is 5.01 Å². The maximum absolute atomic E-state index is 5.72. The smallest absolute Gasteiger partial charge is 0.115 e. The van der Waals surface area contributed by atoms with Crippen LogP contribution in [0.1, 0.15) is 55.1 Å². The van der Waals surface area contributed by atoms with Crippen LogP contribution in [0.15, 0.2) is 0 Å². The van der Waals surface area contributed by atoms with Crippen molar-refractivity contribution in [1.29, 1.82) is 0 Å². The van der Waals surface area contributed by atoms with Crippen LogP contribution < -0.4 is 5.32 Å². The number of fused-ring (bicyclic) bond motifs is 1. The molecule has 106 valence electrons. The lowest BCUT2D eigenvalue weighted by Crippen LogP contribution is -2.45. The third kappa shape index (κ3) is 3.01. The van der Waals surface area contributed by atoms with E-state index in [2.05, 4.69) is 19.2 Å². The number of nitrogens with zero attached hydrogens (tertiary/aromatic N) is 1. The summed E-state index contributed by atoms with van der Waals surface area (Å²) in [6.07, 6.45) is 7.61. The van der Waals surface area contributed by atoms with Crippen molar-refractivity contribution < 1.29 is 4.74 Å². The first-order valence-electron chi connectivity index (χ1n) is 7.56. The molecule has 4 heteroatoms. The molecule has 2 aliphatic carbocycles. The highest BCUT2D eigenvalue weighted by atomic mass is 32.1. The van der Waals surface area contributed by atoms with Crippen LogP contribution in [-0.4, -0.2) is 24.2 Å². The zero-order valence-electron chi connectivity index (χ0n) is 12.0. The minimum Gasteiger partial charge on any atom is -0.379 e. The summed E-state index contributed by atoms with van der Waals surface area (Å²) in [4.78, 5) is 6.45. The van der Waals surface area contributed by atoms with E-state index in [1.165, 1.54) is 54.1 Å². The molecular formula is C15H24N2OS. The fourth-order valence-electron chi connectivity index (χ4n) is 2.74. The predicted octanol–water partition coefficient (Wildman–Crippen LogP) is 3.03. The Morgan fingerprint density at radius 2 is 2.16 bits per heavy atom. The number of aromatic nitrogens is 1. The third-order valence-corrected chi connectivity index (χ3v) is 5.43. The zero-order valence-corrected chi connectivity index (χ0v) is 12.8. The van der Waals surface area contributed by atoms with Gasteiger partial charge in [-0.3, -0.25) is 0 Å². The third-order valence-electron chi connectivity index (χ3n) is 4.01. The van der Waals surface area contributed by atoms with Gasteiger partial charge in [-0.1, -0.05) is 0 Å². The first-order chi connectivity index (χ1) is 9.21. The molecule has 1 N–H and O–H groups in total. The summed E-state index contributed by atoms with van der Waals surface area (Å²) in [6.45, 7) is 5.81. The SMILES string of the molecule is CCOCC(C)(NC1CC1)c1nc2c(s1)CCCC2. The van der Waals surface area contributed by atoms with Gasteiger partial charge in [0.15, 0.2) is 0 Å². The number of hydrogen-bond donors (Lipinski definition) is 1. The quantitative estimate of drug-likeness (QED) is 0.869. The second kappa shape index (κ2) is 5.51. The molecule has 1 unspecified atom stereocenters. The van der Waals surface area contributed by atoms with E-state index >= 15 is 0 Å². The van der Waals surface area contributed by atoms with Crippen molar-refractivity contribution in [3.8, 4) is 0 Å². The van der Waals surface area contributed by atoms with Gasteiger partial charge in [-0.2, -0.15) is 0 Å². The van der Waals surface area contributed by atoms with Crippen LogP contribution in [0.25, 0.3) is 0 Å². The summed E-state index contributed by atoms with van der Waals surface area (Å²) in [6, 6.07) is 0.673. The maximum Gasteiger partial charge on any atom is 0.115 e. The van der Waals surface area contributed by atoms with E-state index < -0.39 is 0 Å². The topological polar surface area (TPSA) is 34.1 Å². The van der Waals surface area contributed by atoms with Gasteiger partial charge < -0.3 is 10.1 Å². The van der Waals surface area contributed by atoms with Crippen LogP contribution >= 0.6 is 11.3 Å². The molecule has 0 bridgehead atoms. The molecule has 0 aliphatic heterocycles. The van der Waals surface area contributed by atoms with Crippen molar-refractivity contribution in [2.45, 2.75) is 64.0 Å². The lowest BCUT2D eigenvalue weighted by molar-refractivity contribution is 0.0819. The molecule has 3 rings (SSSR count). The van der Waals surface area contributed by atoms with Gasteiger partial charge in [0.05, 0.1) is 17.8 Å². The van der Waals surface area contributed by atoms with E-state index in [1.54, 1.807) is 0 Å².